The Bertz CT molecular complexity index is 3510. The van der Waals surface area contributed by atoms with Crippen LogP contribution < -0.4 is 0 Å². The predicted octanol–water partition coefficient (Wildman–Crippen LogP) is 14.0. The zero-order valence-corrected chi connectivity index (χ0v) is 31.5. The monoisotopic (exact) mass is 744 g/mol. The molecule has 4 heterocycles. The molecule has 4 aromatic heterocycles. The smallest absolute Gasteiger partial charge is 0.162 e. The summed E-state index contributed by atoms with van der Waals surface area (Å²) in [5.74, 6) is 1.60. The van der Waals surface area contributed by atoms with E-state index in [1.165, 1.54) is 64.9 Å². The van der Waals surface area contributed by atoms with Crippen LogP contribution >= 0.6 is 11.3 Å². The van der Waals surface area contributed by atoms with Gasteiger partial charge in [0.15, 0.2) is 11.6 Å². The minimum Gasteiger partial charge on any atom is -0.309 e. The average Bonchev–Trinajstić information content (AvgIpc) is 3.97. The summed E-state index contributed by atoms with van der Waals surface area (Å²) >= 11 is 1.75. The maximum atomic E-state index is 5.45. The highest BCUT2D eigenvalue weighted by molar-refractivity contribution is 7.22. The van der Waals surface area contributed by atoms with Crippen LogP contribution in [-0.2, 0) is 0 Å². The first kappa shape index (κ1) is 32.0. The molecule has 57 heavy (non-hydrogen) atoms. The highest BCUT2D eigenvalue weighted by Crippen LogP contribution is 2.44. The topological polar surface area (TPSA) is 35.6 Å². The molecule has 12 rings (SSSR count). The number of nitrogens with zero attached hydrogens (tertiary/aromatic N) is 4. The fourth-order valence-electron chi connectivity index (χ4n) is 8.81. The van der Waals surface area contributed by atoms with Crippen LogP contribution in [0.5, 0.6) is 0 Å². The van der Waals surface area contributed by atoms with Crippen LogP contribution in [0.4, 0.5) is 0 Å². The highest BCUT2D eigenvalue weighted by Gasteiger charge is 2.23. The second-order valence-corrected chi connectivity index (χ2v) is 15.6. The first-order valence-electron chi connectivity index (χ1n) is 19.3. The Kier molecular flexibility index (Phi) is 7.06. The summed E-state index contributed by atoms with van der Waals surface area (Å²) in [6, 6.07) is 69.6. The quantitative estimate of drug-likeness (QED) is 0.176. The van der Waals surface area contributed by atoms with Gasteiger partial charge in [-0.3, -0.25) is 4.57 Å². The maximum absolute atomic E-state index is 5.45. The van der Waals surface area contributed by atoms with E-state index in [1.807, 2.05) is 6.07 Å². The molecule has 0 bridgehead atoms. The van der Waals surface area contributed by atoms with Gasteiger partial charge >= 0.3 is 0 Å². The van der Waals surface area contributed by atoms with E-state index in [4.69, 9.17) is 9.97 Å². The lowest BCUT2D eigenvalue weighted by atomic mass is 9.98. The van der Waals surface area contributed by atoms with Gasteiger partial charge in [-0.05, 0) is 64.4 Å². The van der Waals surface area contributed by atoms with E-state index < -0.39 is 0 Å². The van der Waals surface area contributed by atoms with Crippen molar-refractivity contribution in [3.05, 3.63) is 194 Å². The number of benzene rings is 8. The second-order valence-electron chi connectivity index (χ2n) is 14.6. The fraction of sp³-hybridized carbons (Fsp3) is 0. The van der Waals surface area contributed by atoms with Gasteiger partial charge in [0.25, 0.3) is 0 Å². The minimum atomic E-state index is 0.711. The number of aromatic nitrogens is 4. The van der Waals surface area contributed by atoms with E-state index in [1.54, 1.807) is 11.3 Å². The standard InChI is InChI=1S/C52H32N4S/c1-4-16-34(17-5-1)47-32-43-50(57-47)52(54-51(53-43)35-18-6-2-7-19-35)56-45-29-28-36(31-42(45)48-38-22-11-10-15-33(38)27-30-46(48)56)39-24-14-25-41-40-23-12-13-26-44(40)55(49(39)41)37-20-8-3-9-21-37/h1-32H. The third-order valence-corrected chi connectivity index (χ3v) is 12.5. The molecule has 0 aliphatic rings. The highest BCUT2D eigenvalue weighted by atomic mass is 32.1. The molecule has 0 spiro atoms. The third kappa shape index (κ3) is 4.93. The number of rotatable bonds is 5. The predicted molar refractivity (Wildman–Crippen MR) is 240 cm³/mol. The molecule has 0 aliphatic heterocycles. The lowest BCUT2D eigenvalue weighted by Crippen LogP contribution is -2.01. The molecular formula is C52H32N4S. The molecule has 0 saturated heterocycles. The van der Waals surface area contributed by atoms with Crippen LogP contribution in [0.1, 0.15) is 0 Å². The van der Waals surface area contributed by atoms with Gasteiger partial charge in [-0.15, -0.1) is 11.3 Å². The minimum absolute atomic E-state index is 0.711. The van der Waals surface area contributed by atoms with E-state index in [0.717, 1.165) is 38.3 Å². The van der Waals surface area contributed by atoms with E-state index >= 15 is 0 Å². The van der Waals surface area contributed by atoms with Crippen LogP contribution in [0.15, 0.2) is 194 Å². The van der Waals surface area contributed by atoms with Crippen LogP contribution in [0.3, 0.4) is 0 Å². The van der Waals surface area contributed by atoms with Gasteiger partial charge in [0, 0.05) is 43.2 Å². The molecule has 0 N–H and O–H groups in total. The Balaban J connectivity index is 1.18. The fourth-order valence-corrected chi connectivity index (χ4v) is 9.89. The molecule has 8 aromatic carbocycles. The van der Waals surface area contributed by atoms with Gasteiger partial charge in [0.05, 0.1) is 32.3 Å². The van der Waals surface area contributed by atoms with Crippen LogP contribution in [0.25, 0.3) is 109 Å². The van der Waals surface area contributed by atoms with Crippen molar-refractivity contribution in [1.29, 1.82) is 0 Å². The largest absolute Gasteiger partial charge is 0.309 e. The van der Waals surface area contributed by atoms with Gasteiger partial charge < -0.3 is 4.57 Å². The summed E-state index contributed by atoms with van der Waals surface area (Å²) in [5.41, 5.74) is 11.2. The Morgan fingerprint density at radius 3 is 1.91 bits per heavy atom. The summed E-state index contributed by atoms with van der Waals surface area (Å²) < 4.78 is 5.86. The Labute approximate surface area is 332 Å². The summed E-state index contributed by atoms with van der Waals surface area (Å²) in [6.07, 6.45) is 0. The maximum Gasteiger partial charge on any atom is 0.162 e. The SMILES string of the molecule is c1ccc(-c2nc(-n3c4ccc(-c5cccc6c7ccccc7n(-c7ccccc7)c56)cc4c4c5ccccc5ccc43)c3sc(-c4ccccc4)cc3n2)cc1. The van der Waals surface area contributed by atoms with Gasteiger partial charge in [0.1, 0.15) is 0 Å². The van der Waals surface area contributed by atoms with Crippen molar-refractivity contribution in [3.63, 3.8) is 0 Å². The van der Waals surface area contributed by atoms with Crippen molar-refractivity contribution in [3.8, 4) is 44.5 Å². The zero-order valence-electron chi connectivity index (χ0n) is 30.7. The van der Waals surface area contributed by atoms with Crippen molar-refractivity contribution < 1.29 is 0 Å². The summed E-state index contributed by atoms with van der Waals surface area (Å²) in [5, 5.41) is 7.32. The van der Waals surface area contributed by atoms with Gasteiger partial charge in [-0.2, -0.15) is 0 Å². The van der Waals surface area contributed by atoms with Crippen LogP contribution in [0, 0.1) is 0 Å². The summed E-state index contributed by atoms with van der Waals surface area (Å²) in [6.45, 7) is 0. The zero-order chi connectivity index (χ0) is 37.5. The molecule has 4 nitrogen and oxygen atoms in total. The number of para-hydroxylation sites is 3. The summed E-state index contributed by atoms with van der Waals surface area (Å²) in [7, 11) is 0. The molecule has 12 aromatic rings. The lowest BCUT2D eigenvalue weighted by molar-refractivity contribution is 1.08. The number of hydrogen-bond acceptors (Lipinski definition) is 3. The molecule has 5 heteroatoms. The molecular weight excluding hydrogens is 713 g/mol. The van der Waals surface area contributed by atoms with E-state index in [2.05, 4.69) is 197 Å². The molecule has 266 valence electrons. The second kappa shape index (κ2) is 12.6. The number of fused-ring (bicyclic) bond motifs is 9. The Hall–Kier alpha value is -7.34. The average molecular weight is 745 g/mol. The normalized spacial score (nSPS) is 11.9. The third-order valence-electron chi connectivity index (χ3n) is 11.3. The number of thiophene rings is 1. The molecule has 0 aliphatic carbocycles. The molecule has 0 saturated carbocycles. The van der Waals surface area contributed by atoms with Crippen LogP contribution in [-0.4, -0.2) is 19.1 Å². The van der Waals surface area contributed by atoms with Crippen molar-refractivity contribution in [1.82, 2.24) is 19.1 Å². The first-order chi connectivity index (χ1) is 28.3. The van der Waals surface area contributed by atoms with Gasteiger partial charge in [-0.1, -0.05) is 152 Å². The Morgan fingerprint density at radius 2 is 1.09 bits per heavy atom. The lowest BCUT2D eigenvalue weighted by Gasteiger charge is -2.13. The van der Waals surface area contributed by atoms with E-state index in [-0.39, 0.29) is 0 Å². The van der Waals surface area contributed by atoms with Crippen molar-refractivity contribution in [2.24, 2.45) is 0 Å². The van der Waals surface area contributed by atoms with Gasteiger partial charge in [0.2, 0.25) is 0 Å². The van der Waals surface area contributed by atoms with E-state index in [9.17, 15) is 0 Å². The van der Waals surface area contributed by atoms with Crippen molar-refractivity contribution >= 4 is 75.9 Å². The Morgan fingerprint density at radius 1 is 0.421 bits per heavy atom. The molecule has 0 unspecified atom stereocenters. The van der Waals surface area contributed by atoms with Crippen molar-refractivity contribution in [2.45, 2.75) is 0 Å². The van der Waals surface area contributed by atoms with E-state index in [0.29, 0.717) is 5.82 Å². The summed E-state index contributed by atoms with van der Waals surface area (Å²) in [4.78, 5) is 11.8. The molecule has 0 atom stereocenters. The van der Waals surface area contributed by atoms with Crippen molar-refractivity contribution in [2.75, 3.05) is 0 Å². The van der Waals surface area contributed by atoms with Gasteiger partial charge in [-0.25, -0.2) is 9.97 Å². The molecule has 0 radical (unpaired) electrons. The molecule has 0 fully saturated rings. The molecule has 0 amide bonds. The first-order valence-corrected chi connectivity index (χ1v) is 20.1. The number of hydrogen-bond donors (Lipinski definition) is 0. The van der Waals surface area contributed by atoms with Crippen LogP contribution in [0.2, 0.25) is 0 Å².